The van der Waals surface area contributed by atoms with E-state index in [2.05, 4.69) is 25.9 Å². The van der Waals surface area contributed by atoms with Crippen molar-refractivity contribution in [1.29, 1.82) is 0 Å². The zero-order valence-electron chi connectivity index (χ0n) is 20.0. The first-order valence-electron chi connectivity index (χ1n) is 11.9. The number of nitrogens with zero attached hydrogens (tertiary/aromatic N) is 3. The molecule has 1 aliphatic carbocycles. The number of esters is 1. The van der Waals surface area contributed by atoms with E-state index in [0.29, 0.717) is 11.3 Å². The van der Waals surface area contributed by atoms with Crippen LogP contribution in [0.25, 0.3) is 16.9 Å². The van der Waals surface area contributed by atoms with Gasteiger partial charge in [-0.2, -0.15) is 5.10 Å². The number of amides is 1. The molecular formula is C28H31N3O3. The summed E-state index contributed by atoms with van der Waals surface area (Å²) in [6.45, 7) is 7.31. The normalized spacial score (nSPS) is 23.0. The second kappa shape index (κ2) is 8.42. The average molecular weight is 458 g/mol. The van der Waals surface area contributed by atoms with Crippen molar-refractivity contribution in [1.82, 2.24) is 14.7 Å². The minimum atomic E-state index is -0.539. The molecule has 5 rings (SSSR count). The van der Waals surface area contributed by atoms with Gasteiger partial charge in [-0.1, -0.05) is 69.3 Å². The van der Waals surface area contributed by atoms with Gasteiger partial charge < -0.3 is 9.64 Å². The molecule has 2 aliphatic rings. The second-order valence-electron chi connectivity index (χ2n) is 10.8. The Hall–Kier alpha value is -3.41. The number of rotatable bonds is 5. The third kappa shape index (κ3) is 4.37. The van der Waals surface area contributed by atoms with Gasteiger partial charge in [0.2, 0.25) is 0 Å². The van der Waals surface area contributed by atoms with Crippen molar-refractivity contribution in [3.8, 4) is 16.9 Å². The van der Waals surface area contributed by atoms with Crippen LogP contribution >= 0.6 is 0 Å². The number of hydrogen-bond donors (Lipinski definition) is 0. The molecule has 0 radical (unpaired) electrons. The van der Waals surface area contributed by atoms with E-state index in [1.165, 1.54) is 0 Å². The van der Waals surface area contributed by atoms with Gasteiger partial charge >= 0.3 is 5.97 Å². The van der Waals surface area contributed by atoms with Gasteiger partial charge in [0.25, 0.3) is 5.91 Å². The van der Waals surface area contributed by atoms with E-state index in [1.54, 1.807) is 10.9 Å². The molecule has 0 N–H and O–H groups in total. The number of carbonyl (C=O) groups is 2. The third-order valence-electron chi connectivity index (χ3n) is 7.06. The van der Waals surface area contributed by atoms with E-state index in [1.807, 2.05) is 65.6 Å². The van der Waals surface area contributed by atoms with Crippen LogP contribution in [0.2, 0.25) is 0 Å². The summed E-state index contributed by atoms with van der Waals surface area (Å²) >= 11 is 0. The molecule has 1 amide bonds. The summed E-state index contributed by atoms with van der Waals surface area (Å²) < 4.78 is 7.24. The van der Waals surface area contributed by atoms with Crippen molar-refractivity contribution in [3.05, 3.63) is 72.4 Å². The predicted molar refractivity (Wildman–Crippen MR) is 131 cm³/mol. The fraction of sp³-hybridized carbons (Fsp3) is 0.393. The van der Waals surface area contributed by atoms with Gasteiger partial charge in [0.05, 0.1) is 5.69 Å². The summed E-state index contributed by atoms with van der Waals surface area (Å²) in [6, 6.07) is 19.4. The Morgan fingerprint density at radius 2 is 1.68 bits per heavy atom. The number of ether oxygens (including phenoxy) is 1. The van der Waals surface area contributed by atoms with Gasteiger partial charge in [-0.05, 0) is 42.2 Å². The van der Waals surface area contributed by atoms with Crippen molar-refractivity contribution in [2.75, 3.05) is 13.2 Å². The fourth-order valence-corrected chi connectivity index (χ4v) is 6.09. The Labute approximate surface area is 200 Å². The molecule has 1 aliphatic heterocycles. The highest BCUT2D eigenvalue weighted by Gasteiger charge is 2.51. The molecule has 1 aromatic heterocycles. The molecule has 0 spiro atoms. The smallest absolute Gasteiger partial charge is 0.342 e. The topological polar surface area (TPSA) is 64.4 Å². The first kappa shape index (κ1) is 22.4. The molecule has 34 heavy (non-hydrogen) atoms. The van der Waals surface area contributed by atoms with E-state index in [-0.39, 0.29) is 29.4 Å². The Morgan fingerprint density at radius 3 is 2.38 bits per heavy atom. The number of aromatic nitrogens is 2. The van der Waals surface area contributed by atoms with E-state index in [9.17, 15) is 9.59 Å². The fourth-order valence-electron chi connectivity index (χ4n) is 6.09. The summed E-state index contributed by atoms with van der Waals surface area (Å²) in [6.07, 6.45) is 4.80. The molecule has 3 aromatic rings. The number of para-hydroxylation sites is 1. The third-order valence-corrected chi connectivity index (χ3v) is 7.06. The molecule has 2 bridgehead atoms. The zero-order chi connectivity index (χ0) is 23.9. The van der Waals surface area contributed by atoms with Crippen molar-refractivity contribution < 1.29 is 14.3 Å². The standard InChI is InChI=1S/C28H31N3O3/c1-27(2)14-22-15-28(3,18-27)19-30(22)24(32)17-34-26(33)23-16-31(21-12-8-5-9-13-21)29-25(23)20-10-6-4-7-11-20/h4-13,16,22H,14-15,17-19H2,1-3H3. The molecule has 176 valence electrons. The lowest BCUT2D eigenvalue weighted by atomic mass is 9.65. The number of fused-ring (bicyclic) bond motifs is 2. The van der Waals surface area contributed by atoms with Crippen molar-refractivity contribution >= 4 is 11.9 Å². The lowest BCUT2D eigenvalue weighted by Gasteiger charge is -2.39. The van der Waals surface area contributed by atoms with Crippen LogP contribution in [0.15, 0.2) is 66.9 Å². The van der Waals surface area contributed by atoms with Crippen molar-refractivity contribution in [2.24, 2.45) is 10.8 Å². The van der Waals surface area contributed by atoms with Gasteiger partial charge in [0.1, 0.15) is 11.3 Å². The van der Waals surface area contributed by atoms with Crippen LogP contribution in [0.5, 0.6) is 0 Å². The van der Waals surface area contributed by atoms with Crippen LogP contribution in [0.1, 0.15) is 50.4 Å². The van der Waals surface area contributed by atoms with Crippen molar-refractivity contribution in [3.63, 3.8) is 0 Å². The lowest BCUT2D eigenvalue weighted by Crippen LogP contribution is -2.39. The molecule has 6 nitrogen and oxygen atoms in total. The Kier molecular flexibility index (Phi) is 5.54. The lowest BCUT2D eigenvalue weighted by molar-refractivity contribution is -0.135. The average Bonchev–Trinajstić information content (AvgIpc) is 3.36. The van der Waals surface area contributed by atoms with Crippen LogP contribution in [-0.2, 0) is 9.53 Å². The number of likely N-dealkylation sites (tertiary alicyclic amines) is 1. The maximum Gasteiger partial charge on any atom is 0.342 e. The van der Waals surface area contributed by atoms with Crippen LogP contribution in [0.3, 0.4) is 0 Å². The molecule has 1 saturated carbocycles. The highest BCUT2D eigenvalue weighted by atomic mass is 16.5. The van der Waals surface area contributed by atoms with Crippen LogP contribution in [-0.4, -0.2) is 45.8 Å². The van der Waals surface area contributed by atoms with E-state index < -0.39 is 5.97 Å². The zero-order valence-corrected chi connectivity index (χ0v) is 20.0. The Morgan fingerprint density at radius 1 is 1.00 bits per heavy atom. The second-order valence-corrected chi connectivity index (χ2v) is 10.8. The summed E-state index contributed by atoms with van der Waals surface area (Å²) in [4.78, 5) is 28.2. The van der Waals surface area contributed by atoms with Crippen molar-refractivity contribution in [2.45, 2.75) is 46.1 Å². The number of hydrogen-bond acceptors (Lipinski definition) is 4. The Bertz CT molecular complexity index is 1200. The van der Waals surface area contributed by atoms with Gasteiger partial charge in [-0.25, -0.2) is 9.48 Å². The molecule has 2 aromatic carbocycles. The quantitative estimate of drug-likeness (QED) is 0.499. The summed E-state index contributed by atoms with van der Waals surface area (Å²) in [5, 5.41) is 4.67. The van der Waals surface area contributed by atoms with E-state index in [0.717, 1.165) is 37.1 Å². The van der Waals surface area contributed by atoms with Gasteiger partial charge in [0.15, 0.2) is 6.61 Å². The minimum Gasteiger partial charge on any atom is -0.452 e. The maximum absolute atomic E-state index is 13.2. The molecule has 2 atom stereocenters. The molecular weight excluding hydrogens is 426 g/mol. The number of carbonyl (C=O) groups excluding carboxylic acids is 2. The summed E-state index contributed by atoms with van der Waals surface area (Å²) in [7, 11) is 0. The molecule has 2 fully saturated rings. The first-order valence-corrected chi connectivity index (χ1v) is 11.9. The summed E-state index contributed by atoms with van der Waals surface area (Å²) in [5.41, 5.74) is 2.90. The largest absolute Gasteiger partial charge is 0.452 e. The van der Waals surface area contributed by atoms with E-state index in [4.69, 9.17) is 4.74 Å². The molecule has 2 heterocycles. The first-order chi connectivity index (χ1) is 16.2. The van der Waals surface area contributed by atoms with Crippen LogP contribution in [0, 0.1) is 10.8 Å². The molecule has 1 saturated heterocycles. The highest BCUT2D eigenvalue weighted by molar-refractivity contribution is 5.97. The van der Waals surface area contributed by atoms with Gasteiger partial charge in [-0.15, -0.1) is 0 Å². The van der Waals surface area contributed by atoms with Gasteiger partial charge in [0, 0.05) is 24.3 Å². The highest BCUT2D eigenvalue weighted by Crippen LogP contribution is 2.52. The van der Waals surface area contributed by atoms with Gasteiger partial charge in [-0.3, -0.25) is 4.79 Å². The Balaban J connectivity index is 1.35. The maximum atomic E-state index is 13.2. The van der Waals surface area contributed by atoms with Crippen LogP contribution in [0.4, 0.5) is 0 Å². The predicted octanol–water partition coefficient (Wildman–Crippen LogP) is 5.12. The monoisotopic (exact) mass is 457 g/mol. The molecule has 6 heteroatoms. The van der Waals surface area contributed by atoms with E-state index >= 15 is 0 Å². The van der Waals surface area contributed by atoms with Crippen LogP contribution < -0.4 is 0 Å². The summed E-state index contributed by atoms with van der Waals surface area (Å²) in [5.74, 6) is -0.653. The molecule has 2 unspecified atom stereocenters. The SMILES string of the molecule is CC1(C)CC2CC(C)(CN2C(=O)COC(=O)c2cn(-c3ccccc3)nc2-c2ccccc2)C1. The minimum absolute atomic E-state index is 0.114. The number of benzene rings is 2.